The lowest BCUT2D eigenvalue weighted by atomic mass is 10.1. The second-order valence-corrected chi connectivity index (χ2v) is 6.85. The first-order valence-electron chi connectivity index (χ1n) is 8.19. The number of hydrogen-bond acceptors (Lipinski definition) is 5. The van der Waals surface area contributed by atoms with Gasteiger partial charge in [-0.25, -0.2) is 9.97 Å². The van der Waals surface area contributed by atoms with Crippen LogP contribution in [-0.4, -0.2) is 45.7 Å². The zero-order valence-electron chi connectivity index (χ0n) is 13.5. The Labute approximate surface area is 146 Å². The normalized spacial score (nSPS) is 17.5. The lowest BCUT2D eigenvalue weighted by Crippen LogP contribution is -2.44. The van der Waals surface area contributed by atoms with Crippen LogP contribution in [0.25, 0.3) is 0 Å². The number of thioether (sulfide) groups is 1. The maximum Gasteiger partial charge on any atom is 0.223 e. The van der Waals surface area contributed by atoms with E-state index >= 15 is 0 Å². The quantitative estimate of drug-likeness (QED) is 0.755. The van der Waals surface area contributed by atoms with Crippen LogP contribution in [0.5, 0.6) is 5.88 Å². The number of benzene rings is 1. The molecule has 0 aliphatic carbocycles. The fourth-order valence-electron chi connectivity index (χ4n) is 2.71. The largest absolute Gasteiger partial charge is 0.472 e. The van der Waals surface area contributed by atoms with E-state index in [1.54, 1.807) is 24.0 Å². The molecule has 1 amide bonds. The topological polar surface area (TPSA) is 55.3 Å². The summed E-state index contributed by atoms with van der Waals surface area (Å²) in [5.74, 6) is 1.58. The predicted octanol–water partition coefficient (Wildman–Crippen LogP) is 3.03. The van der Waals surface area contributed by atoms with Crippen LogP contribution >= 0.6 is 11.8 Å². The molecule has 1 aromatic carbocycles. The fraction of sp³-hybridized carbons (Fsp3) is 0.389. The van der Waals surface area contributed by atoms with Gasteiger partial charge in [0.15, 0.2) is 0 Å². The minimum atomic E-state index is 0.0133. The number of hydrogen-bond donors (Lipinski definition) is 0. The number of ether oxygens (including phenoxy) is 1. The minimum absolute atomic E-state index is 0.0133. The summed E-state index contributed by atoms with van der Waals surface area (Å²) < 4.78 is 5.86. The highest BCUT2D eigenvalue weighted by atomic mass is 32.2. The Hall–Kier alpha value is -2.08. The third-order valence-corrected chi connectivity index (χ3v) is 4.91. The van der Waals surface area contributed by atoms with Crippen molar-refractivity contribution in [3.8, 4) is 5.88 Å². The lowest BCUT2D eigenvalue weighted by Gasteiger charge is -2.32. The molecular weight excluding hydrogens is 322 g/mol. The van der Waals surface area contributed by atoms with Gasteiger partial charge in [-0.1, -0.05) is 18.2 Å². The fourth-order valence-corrected chi connectivity index (χ4v) is 3.57. The van der Waals surface area contributed by atoms with Crippen molar-refractivity contribution in [2.24, 2.45) is 0 Å². The number of amides is 1. The molecule has 5 nitrogen and oxygen atoms in total. The highest BCUT2D eigenvalue weighted by Crippen LogP contribution is 2.20. The monoisotopic (exact) mass is 343 g/mol. The molecule has 24 heavy (non-hydrogen) atoms. The van der Waals surface area contributed by atoms with Gasteiger partial charge in [-0.3, -0.25) is 4.79 Å². The van der Waals surface area contributed by atoms with Crippen molar-refractivity contribution in [2.75, 3.05) is 18.8 Å². The van der Waals surface area contributed by atoms with E-state index in [1.165, 1.54) is 11.2 Å². The Bertz CT molecular complexity index is 639. The van der Waals surface area contributed by atoms with Crippen LogP contribution in [0.4, 0.5) is 0 Å². The van der Waals surface area contributed by atoms with Gasteiger partial charge in [-0.05, 0) is 25.0 Å². The van der Waals surface area contributed by atoms with Gasteiger partial charge in [-0.15, -0.1) is 11.8 Å². The van der Waals surface area contributed by atoms with Crippen LogP contribution < -0.4 is 4.74 Å². The average molecular weight is 343 g/mol. The van der Waals surface area contributed by atoms with Crippen LogP contribution in [0.1, 0.15) is 19.3 Å². The molecule has 0 bridgehead atoms. The maximum absolute atomic E-state index is 12.4. The third-order valence-electron chi connectivity index (χ3n) is 3.90. The van der Waals surface area contributed by atoms with E-state index in [4.69, 9.17) is 4.74 Å². The van der Waals surface area contributed by atoms with Gasteiger partial charge in [0.1, 0.15) is 12.4 Å². The highest BCUT2D eigenvalue weighted by Gasteiger charge is 2.24. The molecule has 1 aliphatic rings. The van der Waals surface area contributed by atoms with Crippen molar-refractivity contribution < 1.29 is 9.53 Å². The number of rotatable bonds is 6. The van der Waals surface area contributed by atoms with Gasteiger partial charge in [0.2, 0.25) is 11.8 Å². The summed E-state index contributed by atoms with van der Waals surface area (Å²) in [6, 6.07) is 11.9. The molecule has 0 spiro atoms. The number of likely N-dealkylation sites (tertiary alicyclic amines) is 1. The second-order valence-electron chi connectivity index (χ2n) is 5.68. The molecule has 126 valence electrons. The van der Waals surface area contributed by atoms with Crippen molar-refractivity contribution in [3.05, 3.63) is 48.9 Å². The van der Waals surface area contributed by atoms with Crippen molar-refractivity contribution in [2.45, 2.75) is 30.3 Å². The van der Waals surface area contributed by atoms with Gasteiger partial charge < -0.3 is 9.64 Å². The number of nitrogens with zero attached hydrogens (tertiary/aromatic N) is 3. The molecule has 2 aromatic rings. The molecule has 0 N–H and O–H groups in total. The van der Waals surface area contributed by atoms with E-state index in [0.29, 0.717) is 18.8 Å². The van der Waals surface area contributed by atoms with Gasteiger partial charge >= 0.3 is 0 Å². The summed E-state index contributed by atoms with van der Waals surface area (Å²) in [5, 5.41) is 0. The van der Waals surface area contributed by atoms with Gasteiger partial charge in [0, 0.05) is 35.9 Å². The molecule has 1 aromatic heterocycles. The maximum atomic E-state index is 12.4. The van der Waals surface area contributed by atoms with Crippen LogP contribution in [0.2, 0.25) is 0 Å². The lowest BCUT2D eigenvalue weighted by molar-refractivity contribution is -0.133. The third kappa shape index (κ3) is 4.96. The molecule has 3 rings (SSSR count). The van der Waals surface area contributed by atoms with Crippen LogP contribution in [0.15, 0.2) is 53.8 Å². The number of carbonyl (C=O) groups excluding carboxylic acids is 1. The molecule has 1 unspecified atom stereocenters. The molecular formula is C18H21N3O2S. The van der Waals surface area contributed by atoms with Crippen molar-refractivity contribution in [3.63, 3.8) is 0 Å². The second kappa shape index (κ2) is 8.68. The minimum Gasteiger partial charge on any atom is -0.472 e. The molecule has 1 fully saturated rings. The van der Waals surface area contributed by atoms with Crippen molar-refractivity contribution in [1.29, 1.82) is 0 Å². The molecule has 1 atom stereocenters. The van der Waals surface area contributed by atoms with Gasteiger partial charge in [0.05, 0.1) is 6.54 Å². The Morgan fingerprint density at radius 1 is 1.29 bits per heavy atom. The van der Waals surface area contributed by atoms with Crippen molar-refractivity contribution in [1.82, 2.24) is 14.9 Å². The number of carbonyl (C=O) groups is 1. The smallest absolute Gasteiger partial charge is 0.223 e. The van der Waals surface area contributed by atoms with Crippen LogP contribution in [0, 0.1) is 0 Å². The Balaban J connectivity index is 1.44. The van der Waals surface area contributed by atoms with Crippen LogP contribution in [-0.2, 0) is 4.79 Å². The zero-order chi connectivity index (χ0) is 16.6. The first-order chi connectivity index (χ1) is 11.8. The van der Waals surface area contributed by atoms with E-state index < -0.39 is 0 Å². The van der Waals surface area contributed by atoms with E-state index in [2.05, 4.69) is 22.1 Å². The number of aromatic nitrogens is 2. The highest BCUT2D eigenvalue weighted by molar-refractivity contribution is 7.99. The van der Waals surface area contributed by atoms with Crippen molar-refractivity contribution >= 4 is 17.7 Å². The Morgan fingerprint density at radius 2 is 2.17 bits per heavy atom. The van der Waals surface area contributed by atoms with Gasteiger partial charge in [0.25, 0.3) is 0 Å². The summed E-state index contributed by atoms with van der Waals surface area (Å²) in [4.78, 5) is 23.5. The first kappa shape index (κ1) is 16.8. The summed E-state index contributed by atoms with van der Waals surface area (Å²) in [6.45, 7) is 1.46. The van der Waals surface area contributed by atoms with Crippen LogP contribution in [0.3, 0.4) is 0 Å². The Kier molecular flexibility index (Phi) is 6.07. The van der Waals surface area contributed by atoms with E-state index in [0.717, 1.165) is 25.1 Å². The molecule has 2 heterocycles. The zero-order valence-corrected chi connectivity index (χ0v) is 14.3. The summed E-state index contributed by atoms with van der Waals surface area (Å²) >= 11 is 1.72. The summed E-state index contributed by atoms with van der Waals surface area (Å²) in [5.41, 5.74) is 0. The molecule has 0 radical (unpaired) electrons. The SMILES string of the molecule is O=C(CCSc1ccccc1)N1CCCC(Oc2ccncn2)C1. The van der Waals surface area contributed by atoms with E-state index in [1.807, 2.05) is 23.1 Å². The average Bonchev–Trinajstić information content (AvgIpc) is 2.64. The van der Waals surface area contributed by atoms with E-state index in [-0.39, 0.29) is 12.0 Å². The van der Waals surface area contributed by atoms with E-state index in [9.17, 15) is 4.79 Å². The summed E-state index contributed by atoms with van der Waals surface area (Å²) in [6.07, 6.45) is 5.62. The Morgan fingerprint density at radius 3 is 2.96 bits per heavy atom. The molecule has 1 aliphatic heterocycles. The summed E-state index contributed by atoms with van der Waals surface area (Å²) in [7, 11) is 0. The van der Waals surface area contributed by atoms with Gasteiger partial charge in [-0.2, -0.15) is 0 Å². The standard InChI is InChI=1S/C18H21N3O2S/c22-18(9-12-24-16-6-2-1-3-7-16)21-11-4-5-15(13-21)23-17-8-10-19-14-20-17/h1-3,6-8,10,14-15H,4-5,9,11-13H2. The molecule has 1 saturated heterocycles. The predicted molar refractivity (Wildman–Crippen MR) is 94.0 cm³/mol. The number of piperidine rings is 1. The molecule has 6 heteroatoms. The molecule has 0 saturated carbocycles. The first-order valence-corrected chi connectivity index (χ1v) is 9.18.